The molecule has 0 unspecified atom stereocenters. The first-order valence-corrected chi connectivity index (χ1v) is 6.88. The van der Waals surface area contributed by atoms with Crippen molar-refractivity contribution in [3.8, 4) is 0 Å². The summed E-state index contributed by atoms with van der Waals surface area (Å²) in [7, 11) is 1.95. The van der Waals surface area contributed by atoms with Crippen LogP contribution in [0, 0.1) is 6.92 Å². The fourth-order valence-corrected chi connectivity index (χ4v) is 3.20. The van der Waals surface area contributed by atoms with Crippen LogP contribution >= 0.6 is 27.7 Å². The average molecular weight is 312 g/mol. The van der Waals surface area contributed by atoms with E-state index in [-0.39, 0.29) is 0 Å². The van der Waals surface area contributed by atoms with Crippen molar-refractivity contribution >= 4 is 27.7 Å². The summed E-state index contributed by atoms with van der Waals surface area (Å²) in [6.07, 6.45) is 0. The molecule has 0 saturated heterocycles. The lowest BCUT2D eigenvalue weighted by Gasteiger charge is -2.07. The Labute approximate surface area is 114 Å². The molecule has 0 spiro atoms. The Morgan fingerprint density at radius 1 is 1.41 bits per heavy atom. The molecule has 0 aliphatic heterocycles. The molecule has 0 aliphatic rings. The van der Waals surface area contributed by atoms with E-state index in [2.05, 4.69) is 39.2 Å². The number of hydrogen-bond donors (Lipinski definition) is 1. The summed E-state index contributed by atoms with van der Waals surface area (Å²) in [5.74, 6) is 0. The van der Waals surface area contributed by atoms with Crippen LogP contribution in [0.2, 0.25) is 0 Å². The van der Waals surface area contributed by atoms with Crippen LogP contribution in [0.5, 0.6) is 0 Å². The molecule has 0 radical (unpaired) electrons. The Kier molecular flexibility index (Phi) is 3.91. The normalized spacial score (nSPS) is 10.8. The van der Waals surface area contributed by atoms with Gasteiger partial charge in [-0.05, 0) is 30.7 Å². The van der Waals surface area contributed by atoms with Gasteiger partial charge in [-0.3, -0.25) is 4.68 Å². The zero-order chi connectivity index (χ0) is 12.4. The summed E-state index contributed by atoms with van der Waals surface area (Å²) >= 11 is 5.18. The average Bonchev–Trinajstić information content (AvgIpc) is 2.58. The zero-order valence-corrected chi connectivity index (χ0v) is 12.2. The molecule has 0 amide bonds. The minimum Gasteiger partial charge on any atom is -0.326 e. The molecule has 0 bridgehead atoms. The van der Waals surface area contributed by atoms with Crippen LogP contribution in [0.3, 0.4) is 0 Å². The van der Waals surface area contributed by atoms with Crippen molar-refractivity contribution in [2.24, 2.45) is 12.8 Å². The van der Waals surface area contributed by atoms with Gasteiger partial charge in [0, 0.05) is 23.0 Å². The van der Waals surface area contributed by atoms with Crippen LogP contribution in [0.15, 0.2) is 38.7 Å². The number of aromatic nitrogens is 2. The Morgan fingerprint density at radius 3 is 2.76 bits per heavy atom. The zero-order valence-electron chi connectivity index (χ0n) is 9.77. The Morgan fingerprint density at radius 2 is 2.18 bits per heavy atom. The molecule has 2 aromatic rings. The van der Waals surface area contributed by atoms with Gasteiger partial charge >= 0.3 is 0 Å². The summed E-state index contributed by atoms with van der Waals surface area (Å²) in [5, 5.41) is 5.46. The minimum atomic E-state index is 0.548. The van der Waals surface area contributed by atoms with Crippen LogP contribution in [0.4, 0.5) is 0 Å². The summed E-state index contributed by atoms with van der Waals surface area (Å²) in [6, 6.07) is 8.23. The van der Waals surface area contributed by atoms with E-state index < -0.39 is 0 Å². The number of hydrogen-bond acceptors (Lipinski definition) is 3. The first kappa shape index (κ1) is 12.7. The maximum atomic E-state index is 5.75. The topological polar surface area (TPSA) is 43.8 Å². The van der Waals surface area contributed by atoms with Crippen molar-refractivity contribution in [1.29, 1.82) is 0 Å². The van der Waals surface area contributed by atoms with Gasteiger partial charge in [-0.2, -0.15) is 5.10 Å². The SMILES string of the molecule is Cc1cc(Sc2cc(Br)ccc2CN)n(C)n1. The molecule has 2 N–H and O–H groups in total. The van der Waals surface area contributed by atoms with Gasteiger partial charge in [0.2, 0.25) is 0 Å². The van der Waals surface area contributed by atoms with Crippen molar-refractivity contribution in [2.45, 2.75) is 23.4 Å². The third-order valence-electron chi connectivity index (χ3n) is 2.42. The van der Waals surface area contributed by atoms with Gasteiger partial charge in [-0.1, -0.05) is 33.8 Å². The van der Waals surface area contributed by atoms with Gasteiger partial charge in [0.1, 0.15) is 0 Å². The summed E-state index contributed by atoms with van der Waals surface area (Å²) in [4.78, 5) is 1.17. The van der Waals surface area contributed by atoms with Gasteiger partial charge in [0.05, 0.1) is 10.7 Å². The van der Waals surface area contributed by atoms with E-state index in [1.165, 1.54) is 4.90 Å². The Hall–Kier alpha value is -0.780. The molecule has 1 aromatic heterocycles. The molecule has 90 valence electrons. The highest BCUT2D eigenvalue weighted by atomic mass is 79.9. The van der Waals surface area contributed by atoms with E-state index in [1.807, 2.05) is 24.7 Å². The number of aryl methyl sites for hydroxylation is 2. The van der Waals surface area contributed by atoms with E-state index in [1.54, 1.807) is 11.8 Å². The van der Waals surface area contributed by atoms with Crippen molar-refractivity contribution in [3.05, 3.63) is 40.0 Å². The summed E-state index contributed by atoms with van der Waals surface area (Å²) in [6.45, 7) is 2.54. The van der Waals surface area contributed by atoms with Gasteiger partial charge in [0.15, 0.2) is 0 Å². The fourth-order valence-electron chi connectivity index (χ4n) is 1.59. The Balaban J connectivity index is 2.35. The van der Waals surface area contributed by atoms with Crippen LogP contribution in [0.25, 0.3) is 0 Å². The van der Waals surface area contributed by atoms with Gasteiger partial charge in [-0.25, -0.2) is 0 Å². The number of nitrogens with zero attached hydrogens (tertiary/aromatic N) is 2. The molecule has 0 saturated carbocycles. The second-order valence-corrected chi connectivity index (χ2v) is 5.78. The molecule has 1 heterocycles. The molecule has 0 fully saturated rings. The second-order valence-electron chi connectivity index (χ2n) is 3.81. The number of halogens is 1. The lowest BCUT2D eigenvalue weighted by Crippen LogP contribution is -1.99. The third-order valence-corrected chi connectivity index (χ3v) is 4.11. The Bertz CT molecular complexity index is 537. The van der Waals surface area contributed by atoms with Gasteiger partial charge < -0.3 is 5.73 Å². The molecule has 1 aromatic carbocycles. The van der Waals surface area contributed by atoms with Crippen molar-refractivity contribution in [2.75, 3.05) is 0 Å². The lowest BCUT2D eigenvalue weighted by molar-refractivity contribution is 0.692. The molecule has 3 nitrogen and oxygen atoms in total. The van der Waals surface area contributed by atoms with Gasteiger partial charge in [0.25, 0.3) is 0 Å². The molecule has 0 aliphatic carbocycles. The molecular formula is C12H14BrN3S. The van der Waals surface area contributed by atoms with Crippen molar-refractivity contribution in [1.82, 2.24) is 9.78 Å². The first-order chi connectivity index (χ1) is 8.10. The predicted octanol–water partition coefficient (Wildman–Crippen LogP) is 3.10. The standard InChI is InChI=1S/C12H14BrN3S/c1-8-5-12(16(2)15-8)17-11-6-10(13)4-3-9(11)7-14/h3-6H,7,14H2,1-2H3. The summed E-state index contributed by atoms with van der Waals surface area (Å²) < 4.78 is 2.96. The highest BCUT2D eigenvalue weighted by Gasteiger charge is 2.08. The van der Waals surface area contributed by atoms with Crippen LogP contribution < -0.4 is 5.73 Å². The summed E-state index contributed by atoms with van der Waals surface area (Å²) in [5.41, 5.74) is 7.92. The van der Waals surface area contributed by atoms with E-state index in [0.717, 1.165) is 20.8 Å². The largest absolute Gasteiger partial charge is 0.326 e. The molecule has 0 atom stereocenters. The van der Waals surface area contributed by atoms with Crippen LogP contribution in [-0.4, -0.2) is 9.78 Å². The van der Waals surface area contributed by atoms with E-state index in [0.29, 0.717) is 6.54 Å². The fraction of sp³-hybridized carbons (Fsp3) is 0.250. The van der Waals surface area contributed by atoms with E-state index in [9.17, 15) is 0 Å². The first-order valence-electron chi connectivity index (χ1n) is 5.27. The number of rotatable bonds is 3. The van der Waals surface area contributed by atoms with E-state index >= 15 is 0 Å². The smallest absolute Gasteiger partial charge is 0.0987 e. The number of benzene rings is 1. The quantitative estimate of drug-likeness (QED) is 0.947. The highest BCUT2D eigenvalue weighted by Crippen LogP contribution is 2.32. The monoisotopic (exact) mass is 311 g/mol. The van der Waals surface area contributed by atoms with E-state index in [4.69, 9.17) is 5.73 Å². The van der Waals surface area contributed by atoms with Gasteiger partial charge in [-0.15, -0.1) is 0 Å². The molecule has 5 heteroatoms. The third kappa shape index (κ3) is 2.91. The second kappa shape index (κ2) is 5.25. The lowest BCUT2D eigenvalue weighted by atomic mass is 10.2. The molecular weight excluding hydrogens is 298 g/mol. The maximum Gasteiger partial charge on any atom is 0.0987 e. The highest BCUT2D eigenvalue weighted by molar-refractivity contribution is 9.10. The minimum absolute atomic E-state index is 0.548. The van der Waals surface area contributed by atoms with Crippen molar-refractivity contribution in [3.63, 3.8) is 0 Å². The van der Waals surface area contributed by atoms with Crippen LogP contribution in [0.1, 0.15) is 11.3 Å². The maximum absolute atomic E-state index is 5.75. The molecule has 2 rings (SSSR count). The predicted molar refractivity (Wildman–Crippen MR) is 74.1 cm³/mol. The number of nitrogens with two attached hydrogens (primary N) is 1. The van der Waals surface area contributed by atoms with Crippen molar-refractivity contribution < 1.29 is 0 Å². The molecule has 17 heavy (non-hydrogen) atoms. The van der Waals surface area contributed by atoms with Crippen LogP contribution in [-0.2, 0) is 13.6 Å².